The van der Waals surface area contributed by atoms with Crippen LogP contribution >= 0.6 is 0 Å². The van der Waals surface area contributed by atoms with Crippen LogP contribution in [0.1, 0.15) is 87.9 Å². The van der Waals surface area contributed by atoms with E-state index in [2.05, 4.69) is 6.92 Å². The molecule has 0 radical (unpaired) electrons. The quantitative estimate of drug-likeness (QED) is 0.262. The number of nitrogens with two attached hydrogens (primary N) is 1. The summed E-state index contributed by atoms with van der Waals surface area (Å²) in [5, 5.41) is 19.5. The fourth-order valence-electron chi connectivity index (χ4n) is 4.07. The van der Waals surface area contributed by atoms with Gasteiger partial charge < -0.3 is 25.6 Å². The van der Waals surface area contributed by atoms with Gasteiger partial charge in [0.05, 0.1) is 5.56 Å². The van der Waals surface area contributed by atoms with Gasteiger partial charge >= 0.3 is 5.97 Å². The first kappa shape index (κ1) is 27.4. The second kappa shape index (κ2) is 14.4. The van der Waals surface area contributed by atoms with Crippen LogP contribution in [0, 0.1) is 0 Å². The van der Waals surface area contributed by atoms with Gasteiger partial charge in [0, 0.05) is 6.20 Å². The predicted molar refractivity (Wildman–Crippen MR) is 129 cm³/mol. The minimum absolute atomic E-state index is 0.129. The lowest BCUT2D eigenvalue weighted by Crippen LogP contribution is -2.41. The highest BCUT2D eigenvalue weighted by Crippen LogP contribution is 2.25. The molecule has 0 unspecified atom stereocenters. The van der Waals surface area contributed by atoms with Crippen LogP contribution in [0.4, 0.5) is 0 Å². The number of amides is 2. The van der Waals surface area contributed by atoms with Gasteiger partial charge in [-0.3, -0.25) is 9.59 Å². The van der Waals surface area contributed by atoms with Crippen molar-refractivity contribution in [3.05, 3.63) is 42.1 Å². The standard InChI is InChI=1S/C26H38N2O6/c1-2-3-4-6-12-19(13-7-5-8-17-23(30)24(27)31)34-26(33)21-15-11-18-28(21)25(32)20-14-9-10-16-22(20)29/h9-11,14,16,18-19,21,23,29-30H,2-8,12-13,15,17H2,1H3,(H2,27,31)/t19-,21-,23-/m0/s1. The van der Waals surface area contributed by atoms with Crippen molar-refractivity contribution in [3.63, 3.8) is 0 Å². The molecule has 0 saturated carbocycles. The zero-order chi connectivity index (χ0) is 24.9. The molecule has 8 nitrogen and oxygen atoms in total. The number of hydrogen-bond donors (Lipinski definition) is 3. The third-order valence-electron chi connectivity index (χ3n) is 6.10. The molecule has 0 bridgehead atoms. The number of hydrogen-bond acceptors (Lipinski definition) is 6. The van der Waals surface area contributed by atoms with E-state index in [1.54, 1.807) is 24.4 Å². The minimum atomic E-state index is -1.12. The van der Waals surface area contributed by atoms with Crippen LogP contribution in [0.3, 0.4) is 0 Å². The average Bonchev–Trinajstić information content (AvgIpc) is 3.31. The lowest BCUT2D eigenvalue weighted by molar-refractivity contribution is -0.154. The summed E-state index contributed by atoms with van der Waals surface area (Å²) in [5.41, 5.74) is 5.22. The number of rotatable bonds is 15. The lowest BCUT2D eigenvalue weighted by Gasteiger charge is -2.26. The topological polar surface area (TPSA) is 130 Å². The lowest BCUT2D eigenvalue weighted by atomic mass is 10.0. The smallest absolute Gasteiger partial charge is 0.329 e. The molecule has 8 heteroatoms. The van der Waals surface area contributed by atoms with Gasteiger partial charge in [-0.05, 0) is 50.7 Å². The van der Waals surface area contributed by atoms with Crippen molar-refractivity contribution in [1.29, 1.82) is 0 Å². The average molecular weight is 475 g/mol. The number of ether oxygens (including phenoxy) is 1. The number of phenolic OH excluding ortho intramolecular Hbond substituents is 1. The molecule has 0 aromatic heterocycles. The molecule has 1 aromatic carbocycles. The van der Waals surface area contributed by atoms with Gasteiger partial charge in [-0.2, -0.15) is 0 Å². The first-order valence-electron chi connectivity index (χ1n) is 12.3. The SMILES string of the molecule is CCCCCC[C@@H](CCCCC[C@H](O)C(N)=O)OC(=O)[C@@H]1CC=CN1C(=O)c1ccccc1O. The zero-order valence-corrected chi connectivity index (χ0v) is 20.0. The molecule has 4 N–H and O–H groups in total. The summed E-state index contributed by atoms with van der Waals surface area (Å²) in [7, 11) is 0. The number of esters is 1. The van der Waals surface area contributed by atoms with Gasteiger partial charge in [0.25, 0.3) is 5.91 Å². The first-order chi connectivity index (χ1) is 16.3. The number of carbonyl (C=O) groups excluding carboxylic acids is 3. The van der Waals surface area contributed by atoms with E-state index >= 15 is 0 Å². The van der Waals surface area contributed by atoms with Gasteiger partial charge in [-0.25, -0.2) is 4.79 Å². The van der Waals surface area contributed by atoms with Crippen LogP contribution in [-0.4, -0.2) is 51.1 Å². The Labute approximate surface area is 201 Å². The molecular weight excluding hydrogens is 436 g/mol. The maximum absolute atomic E-state index is 13.0. The van der Waals surface area contributed by atoms with Gasteiger partial charge in [-0.1, -0.05) is 57.2 Å². The number of phenols is 1. The summed E-state index contributed by atoms with van der Waals surface area (Å²) in [5.74, 6) is -1.73. The summed E-state index contributed by atoms with van der Waals surface area (Å²) >= 11 is 0. The van der Waals surface area contributed by atoms with Gasteiger partial charge in [0.15, 0.2) is 0 Å². The van der Waals surface area contributed by atoms with Gasteiger partial charge in [-0.15, -0.1) is 0 Å². The molecule has 34 heavy (non-hydrogen) atoms. The molecule has 1 aliphatic heterocycles. The molecule has 0 aliphatic carbocycles. The van der Waals surface area contributed by atoms with Crippen LogP contribution in [0.25, 0.3) is 0 Å². The number of unbranched alkanes of at least 4 members (excludes halogenated alkanes) is 5. The zero-order valence-electron chi connectivity index (χ0n) is 20.0. The van der Waals surface area contributed by atoms with Crippen LogP contribution in [0.2, 0.25) is 0 Å². The van der Waals surface area contributed by atoms with E-state index in [0.717, 1.165) is 44.9 Å². The summed E-state index contributed by atoms with van der Waals surface area (Å²) in [6, 6.07) is 5.51. The number of aliphatic hydroxyl groups is 1. The normalized spacial score (nSPS) is 16.9. The Hall–Kier alpha value is -2.87. The van der Waals surface area contributed by atoms with E-state index in [4.69, 9.17) is 10.5 Å². The Bertz CT molecular complexity index is 840. The second-order valence-electron chi connectivity index (χ2n) is 8.83. The third kappa shape index (κ3) is 8.48. The van der Waals surface area contributed by atoms with Crippen molar-refractivity contribution in [2.24, 2.45) is 5.73 Å². The number of aliphatic hydroxyl groups excluding tert-OH is 1. The van der Waals surface area contributed by atoms with E-state index in [1.165, 1.54) is 17.0 Å². The summed E-state index contributed by atoms with van der Waals surface area (Å²) in [4.78, 5) is 38.2. The molecule has 2 amide bonds. The van der Waals surface area contributed by atoms with E-state index in [1.807, 2.05) is 0 Å². The molecule has 3 atom stereocenters. The molecule has 188 valence electrons. The summed E-state index contributed by atoms with van der Waals surface area (Å²) in [6.07, 6.45) is 10.6. The van der Waals surface area contributed by atoms with Gasteiger partial charge in [0.2, 0.25) is 5.91 Å². The Morgan fingerprint density at radius 2 is 1.71 bits per heavy atom. The first-order valence-corrected chi connectivity index (χ1v) is 12.3. The molecular formula is C26H38N2O6. The number of para-hydroxylation sites is 1. The van der Waals surface area contributed by atoms with Crippen LogP contribution in [0.5, 0.6) is 5.75 Å². The molecule has 2 rings (SSSR count). The molecule has 0 saturated heterocycles. The fraction of sp³-hybridized carbons (Fsp3) is 0.577. The highest BCUT2D eigenvalue weighted by Gasteiger charge is 2.34. The Morgan fingerprint density at radius 3 is 2.35 bits per heavy atom. The van der Waals surface area contributed by atoms with E-state index in [0.29, 0.717) is 25.7 Å². The van der Waals surface area contributed by atoms with Crippen molar-refractivity contribution < 1.29 is 29.3 Å². The monoisotopic (exact) mass is 474 g/mol. The maximum atomic E-state index is 13.0. The molecule has 1 aliphatic rings. The fourth-order valence-corrected chi connectivity index (χ4v) is 4.07. The highest BCUT2D eigenvalue weighted by atomic mass is 16.5. The number of carbonyl (C=O) groups is 3. The minimum Gasteiger partial charge on any atom is -0.507 e. The predicted octanol–water partition coefficient (Wildman–Crippen LogP) is 3.80. The van der Waals surface area contributed by atoms with E-state index < -0.39 is 29.9 Å². The van der Waals surface area contributed by atoms with E-state index in [-0.39, 0.29) is 17.4 Å². The van der Waals surface area contributed by atoms with Gasteiger partial charge in [0.1, 0.15) is 24.0 Å². The Morgan fingerprint density at radius 1 is 1.06 bits per heavy atom. The number of primary amides is 1. The Balaban J connectivity index is 1.93. The van der Waals surface area contributed by atoms with Crippen LogP contribution < -0.4 is 5.73 Å². The molecule has 1 aromatic rings. The van der Waals surface area contributed by atoms with Crippen molar-refractivity contribution >= 4 is 17.8 Å². The van der Waals surface area contributed by atoms with Crippen LogP contribution in [-0.2, 0) is 14.3 Å². The third-order valence-corrected chi connectivity index (χ3v) is 6.10. The summed E-state index contributed by atoms with van der Waals surface area (Å²) < 4.78 is 5.87. The second-order valence-corrected chi connectivity index (χ2v) is 8.83. The molecule has 0 spiro atoms. The van der Waals surface area contributed by atoms with Crippen LogP contribution in [0.15, 0.2) is 36.5 Å². The van der Waals surface area contributed by atoms with E-state index in [9.17, 15) is 24.6 Å². The molecule has 0 fully saturated rings. The van der Waals surface area contributed by atoms with Crippen molar-refractivity contribution in [2.45, 2.75) is 95.8 Å². The largest absolute Gasteiger partial charge is 0.507 e. The number of benzene rings is 1. The van der Waals surface area contributed by atoms with Crippen molar-refractivity contribution in [2.75, 3.05) is 0 Å². The maximum Gasteiger partial charge on any atom is 0.329 e. The highest BCUT2D eigenvalue weighted by molar-refractivity contribution is 6.00. The summed E-state index contributed by atoms with van der Waals surface area (Å²) in [6.45, 7) is 2.14. The molecule has 1 heterocycles. The number of nitrogens with zero attached hydrogens (tertiary/aromatic N) is 1. The number of aromatic hydroxyl groups is 1. The Kier molecular flexibility index (Phi) is 11.6. The van der Waals surface area contributed by atoms with Crippen molar-refractivity contribution in [1.82, 2.24) is 4.90 Å². The van der Waals surface area contributed by atoms with Crippen molar-refractivity contribution in [3.8, 4) is 5.75 Å².